The molecule has 0 spiro atoms. The highest BCUT2D eigenvalue weighted by atomic mass is 32.2. The molecule has 0 bridgehead atoms. The maximum atomic E-state index is 5.68. The van der Waals surface area contributed by atoms with Crippen LogP contribution in [0.3, 0.4) is 0 Å². The highest BCUT2D eigenvalue weighted by Gasteiger charge is 2.07. The molecule has 0 saturated carbocycles. The number of benzene rings is 1. The Morgan fingerprint density at radius 2 is 2.12 bits per heavy atom. The molecule has 0 aliphatic carbocycles. The highest BCUT2D eigenvalue weighted by molar-refractivity contribution is 7.98. The van der Waals surface area contributed by atoms with Gasteiger partial charge in [0, 0.05) is 4.90 Å². The average molecular weight is 234 g/mol. The number of aromatic amines is 1. The average Bonchev–Trinajstić information content (AvgIpc) is 2.76. The number of nitrogens with zero attached hydrogens (tertiary/aromatic N) is 2. The second-order valence-corrected chi connectivity index (χ2v) is 4.58. The van der Waals surface area contributed by atoms with Crippen LogP contribution in [0.2, 0.25) is 0 Å². The lowest BCUT2D eigenvalue weighted by Crippen LogP contribution is -2.06. The minimum atomic E-state index is -0.119. The number of H-pyrrole nitrogens is 1. The third-order valence-corrected chi connectivity index (χ3v) is 3.10. The normalized spacial score (nSPS) is 12.6. The fourth-order valence-electron chi connectivity index (χ4n) is 1.25. The molecule has 2 aromatic rings. The first-order valence-corrected chi connectivity index (χ1v) is 6.09. The van der Waals surface area contributed by atoms with Crippen LogP contribution in [0.1, 0.15) is 24.6 Å². The number of rotatable bonds is 4. The van der Waals surface area contributed by atoms with Gasteiger partial charge in [-0.05, 0) is 19.1 Å². The van der Waals surface area contributed by atoms with Crippen LogP contribution >= 0.6 is 11.8 Å². The standard InChI is InChI=1S/C11H14N4S/c1-8(12)11-13-10(14-15-11)7-16-9-5-3-2-4-6-9/h2-6,8H,7,12H2,1H3,(H,13,14,15). The van der Waals surface area contributed by atoms with Crippen molar-refractivity contribution >= 4 is 11.8 Å². The maximum Gasteiger partial charge on any atom is 0.167 e. The number of hydrogen-bond donors (Lipinski definition) is 2. The summed E-state index contributed by atoms with van der Waals surface area (Å²) in [6.45, 7) is 1.87. The van der Waals surface area contributed by atoms with Crippen LogP contribution in [-0.2, 0) is 5.75 Å². The SMILES string of the molecule is CC(N)c1n[nH]c(CSc2ccccc2)n1. The molecule has 16 heavy (non-hydrogen) atoms. The summed E-state index contributed by atoms with van der Waals surface area (Å²) in [6, 6.07) is 10.1. The van der Waals surface area contributed by atoms with Crippen LogP contribution in [-0.4, -0.2) is 15.2 Å². The summed E-state index contributed by atoms with van der Waals surface area (Å²) >= 11 is 1.72. The lowest BCUT2D eigenvalue weighted by Gasteiger charge is -1.98. The Balaban J connectivity index is 1.95. The molecular formula is C11H14N4S. The molecule has 1 atom stereocenters. The minimum Gasteiger partial charge on any atom is -0.321 e. The lowest BCUT2D eigenvalue weighted by molar-refractivity contribution is 0.745. The summed E-state index contributed by atoms with van der Waals surface area (Å²) in [6.07, 6.45) is 0. The van der Waals surface area contributed by atoms with E-state index < -0.39 is 0 Å². The van der Waals surface area contributed by atoms with Crippen LogP contribution < -0.4 is 5.73 Å². The molecule has 5 heteroatoms. The molecule has 84 valence electrons. The summed E-state index contributed by atoms with van der Waals surface area (Å²) < 4.78 is 0. The zero-order valence-electron chi connectivity index (χ0n) is 9.05. The van der Waals surface area contributed by atoms with Gasteiger partial charge in [-0.15, -0.1) is 11.8 Å². The molecule has 2 rings (SSSR count). The largest absolute Gasteiger partial charge is 0.321 e. The molecule has 0 fully saturated rings. The van der Waals surface area contributed by atoms with Crippen molar-refractivity contribution in [3.63, 3.8) is 0 Å². The predicted molar refractivity (Wildman–Crippen MR) is 65.0 cm³/mol. The van der Waals surface area contributed by atoms with E-state index in [2.05, 4.69) is 27.3 Å². The molecule has 4 nitrogen and oxygen atoms in total. The van der Waals surface area contributed by atoms with E-state index in [4.69, 9.17) is 5.73 Å². The third kappa shape index (κ3) is 2.84. The first-order valence-electron chi connectivity index (χ1n) is 5.10. The molecule has 1 aromatic heterocycles. The molecule has 1 heterocycles. The second-order valence-electron chi connectivity index (χ2n) is 3.53. The minimum absolute atomic E-state index is 0.119. The summed E-state index contributed by atoms with van der Waals surface area (Å²) in [4.78, 5) is 5.54. The molecule has 0 radical (unpaired) electrons. The Hall–Kier alpha value is -1.33. The Morgan fingerprint density at radius 3 is 2.75 bits per heavy atom. The van der Waals surface area contributed by atoms with Gasteiger partial charge in [-0.3, -0.25) is 5.10 Å². The van der Waals surface area contributed by atoms with Gasteiger partial charge in [-0.25, -0.2) is 4.98 Å². The Kier molecular flexibility index (Phi) is 3.58. The molecule has 0 saturated heterocycles. The van der Waals surface area contributed by atoms with Crippen molar-refractivity contribution < 1.29 is 0 Å². The third-order valence-electron chi connectivity index (χ3n) is 2.08. The zero-order chi connectivity index (χ0) is 11.4. The molecule has 0 aliphatic heterocycles. The fraction of sp³-hybridized carbons (Fsp3) is 0.273. The van der Waals surface area contributed by atoms with Crippen molar-refractivity contribution in [1.82, 2.24) is 15.2 Å². The van der Waals surface area contributed by atoms with Crippen LogP contribution in [0.25, 0.3) is 0 Å². The van der Waals surface area contributed by atoms with Gasteiger partial charge in [0.1, 0.15) is 5.82 Å². The molecule has 1 aromatic carbocycles. The van der Waals surface area contributed by atoms with Gasteiger partial charge in [0.2, 0.25) is 0 Å². The van der Waals surface area contributed by atoms with E-state index in [9.17, 15) is 0 Å². The van der Waals surface area contributed by atoms with Crippen molar-refractivity contribution in [1.29, 1.82) is 0 Å². The van der Waals surface area contributed by atoms with E-state index in [0.29, 0.717) is 5.82 Å². The van der Waals surface area contributed by atoms with Gasteiger partial charge in [-0.2, -0.15) is 5.10 Å². The predicted octanol–water partition coefficient (Wildman–Crippen LogP) is 2.12. The number of nitrogens with one attached hydrogen (secondary N) is 1. The molecule has 3 N–H and O–H groups in total. The van der Waals surface area contributed by atoms with Crippen molar-refractivity contribution in [2.45, 2.75) is 23.6 Å². The number of thioether (sulfide) groups is 1. The van der Waals surface area contributed by atoms with Gasteiger partial charge in [0.25, 0.3) is 0 Å². The highest BCUT2D eigenvalue weighted by Crippen LogP contribution is 2.20. The van der Waals surface area contributed by atoms with Crippen LogP contribution in [0, 0.1) is 0 Å². The summed E-state index contributed by atoms with van der Waals surface area (Å²) in [5.41, 5.74) is 5.68. The van der Waals surface area contributed by atoms with Gasteiger partial charge in [-0.1, -0.05) is 18.2 Å². The zero-order valence-corrected chi connectivity index (χ0v) is 9.87. The summed E-state index contributed by atoms with van der Waals surface area (Å²) in [5.74, 6) is 2.31. The molecule has 0 aliphatic rings. The van der Waals surface area contributed by atoms with Gasteiger partial charge in [0.15, 0.2) is 5.82 Å². The van der Waals surface area contributed by atoms with E-state index >= 15 is 0 Å². The molecular weight excluding hydrogens is 220 g/mol. The summed E-state index contributed by atoms with van der Waals surface area (Å²) in [5, 5.41) is 6.95. The van der Waals surface area contributed by atoms with Crippen molar-refractivity contribution in [3.05, 3.63) is 42.0 Å². The van der Waals surface area contributed by atoms with Crippen molar-refractivity contribution in [2.24, 2.45) is 5.73 Å². The first-order chi connectivity index (χ1) is 7.75. The monoisotopic (exact) mass is 234 g/mol. The van der Waals surface area contributed by atoms with E-state index in [0.717, 1.165) is 11.6 Å². The van der Waals surface area contributed by atoms with E-state index in [1.807, 2.05) is 25.1 Å². The number of hydrogen-bond acceptors (Lipinski definition) is 4. The van der Waals surface area contributed by atoms with Crippen molar-refractivity contribution in [3.8, 4) is 0 Å². The van der Waals surface area contributed by atoms with Crippen LogP contribution in [0.5, 0.6) is 0 Å². The Morgan fingerprint density at radius 1 is 1.38 bits per heavy atom. The lowest BCUT2D eigenvalue weighted by atomic mass is 10.3. The van der Waals surface area contributed by atoms with E-state index in [1.54, 1.807) is 11.8 Å². The summed E-state index contributed by atoms with van der Waals surface area (Å²) in [7, 11) is 0. The molecule has 1 unspecified atom stereocenters. The van der Waals surface area contributed by atoms with E-state index in [-0.39, 0.29) is 6.04 Å². The van der Waals surface area contributed by atoms with Crippen molar-refractivity contribution in [2.75, 3.05) is 0 Å². The Bertz CT molecular complexity index is 438. The first kappa shape index (κ1) is 11.2. The number of nitrogens with two attached hydrogens (primary N) is 1. The van der Waals surface area contributed by atoms with Gasteiger partial charge >= 0.3 is 0 Å². The van der Waals surface area contributed by atoms with Gasteiger partial charge < -0.3 is 5.73 Å². The topological polar surface area (TPSA) is 67.6 Å². The fourth-order valence-corrected chi connectivity index (χ4v) is 2.03. The maximum absolute atomic E-state index is 5.68. The number of aromatic nitrogens is 3. The Labute approximate surface area is 98.7 Å². The van der Waals surface area contributed by atoms with Gasteiger partial charge in [0.05, 0.1) is 11.8 Å². The van der Waals surface area contributed by atoms with Crippen LogP contribution in [0.4, 0.5) is 0 Å². The van der Waals surface area contributed by atoms with Crippen LogP contribution in [0.15, 0.2) is 35.2 Å². The quantitative estimate of drug-likeness (QED) is 0.795. The molecule has 0 amide bonds. The second kappa shape index (κ2) is 5.14. The smallest absolute Gasteiger partial charge is 0.167 e. The van der Waals surface area contributed by atoms with E-state index in [1.165, 1.54) is 4.90 Å².